The summed E-state index contributed by atoms with van der Waals surface area (Å²) < 4.78 is 43.7. The molecule has 1 aromatic carbocycles. The molecule has 1 amide bonds. The molecule has 0 aliphatic heterocycles. The molecule has 4 rings (SSSR count). The summed E-state index contributed by atoms with van der Waals surface area (Å²) in [6.07, 6.45) is -2.12. The van der Waals surface area contributed by atoms with Crippen LogP contribution in [0.1, 0.15) is 28.3 Å². The maximum absolute atomic E-state index is 12.9. The molecule has 0 aliphatic rings. The maximum Gasteiger partial charge on any atom is 0.416 e. The molecule has 160 valence electrons. The van der Waals surface area contributed by atoms with Crippen molar-refractivity contribution in [2.75, 3.05) is 5.32 Å². The van der Waals surface area contributed by atoms with E-state index >= 15 is 0 Å². The van der Waals surface area contributed by atoms with E-state index in [1.165, 1.54) is 28.7 Å². The van der Waals surface area contributed by atoms with E-state index in [4.69, 9.17) is 4.52 Å². The first-order chi connectivity index (χ1) is 14.9. The van der Waals surface area contributed by atoms with Gasteiger partial charge in [-0.25, -0.2) is 4.98 Å². The summed E-state index contributed by atoms with van der Waals surface area (Å²) in [5.41, 5.74) is 0.695. The number of nitrogens with one attached hydrogen (secondary N) is 1. The van der Waals surface area contributed by atoms with Crippen molar-refractivity contribution in [3.63, 3.8) is 0 Å². The normalized spacial score (nSPS) is 11.6. The smallest absolute Gasteiger partial charge is 0.339 e. The summed E-state index contributed by atoms with van der Waals surface area (Å²) in [6, 6.07) is 7.04. The fourth-order valence-corrected chi connectivity index (χ4v) is 4.27. The summed E-state index contributed by atoms with van der Waals surface area (Å²) in [7, 11) is 0. The molecular formula is C20H15F3N4O2S2. The highest BCUT2D eigenvalue weighted by Gasteiger charge is 2.30. The second-order valence-corrected chi connectivity index (χ2v) is 8.47. The number of aromatic nitrogens is 3. The summed E-state index contributed by atoms with van der Waals surface area (Å²) >= 11 is 2.74. The standard InChI is InChI=1S/C20H15F3N4O2S2/c21-20(22,23)14-3-1-2-12(8-14)9-15-10-24-19(31-15)25-16(28)4-5-17-26-18(27-29-17)13-6-7-30-11-13/h1-3,6-8,10-11H,4-5,9H2,(H,24,25,28). The lowest BCUT2D eigenvalue weighted by atomic mass is 10.1. The van der Waals surface area contributed by atoms with Gasteiger partial charge < -0.3 is 9.84 Å². The second kappa shape index (κ2) is 8.98. The predicted molar refractivity (Wildman–Crippen MR) is 111 cm³/mol. The van der Waals surface area contributed by atoms with Gasteiger partial charge in [0.05, 0.1) is 5.56 Å². The van der Waals surface area contributed by atoms with Crippen molar-refractivity contribution in [2.24, 2.45) is 0 Å². The van der Waals surface area contributed by atoms with Crippen LogP contribution in [0.5, 0.6) is 0 Å². The van der Waals surface area contributed by atoms with E-state index in [9.17, 15) is 18.0 Å². The Bertz CT molecular complexity index is 1170. The zero-order valence-electron chi connectivity index (χ0n) is 15.8. The van der Waals surface area contributed by atoms with Crippen molar-refractivity contribution in [2.45, 2.75) is 25.4 Å². The maximum atomic E-state index is 12.9. The number of rotatable bonds is 7. The van der Waals surface area contributed by atoms with Crippen LogP contribution >= 0.6 is 22.7 Å². The van der Waals surface area contributed by atoms with Gasteiger partial charge in [0.1, 0.15) is 0 Å². The number of hydrogen-bond donors (Lipinski definition) is 1. The van der Waals surface area contributed by atoms with Gasteiger partial charge in [-0.2, -0.15) is 29.5 Å². The van der Waals surface area contributed by atoms with E-state index in [2.05, 4.69) is 20.4 Å². The molecule has 0 saturated carbocycles. The van der Waals surface area contributed by atoms with Crippen LogP contribution in [0.3, 0.4) is 0 Å². The van der Waals surface area contributed by atoms with Crippen molar-refractivity contribution < 1.29 is 22.5 Å². The molecule has 0 atom stereocenters. The third-order valence-corrected chi connectivity index (χ3v) is 5.84. The summed E-state index contributed by atoms with van der Waals surface area (Å²) in [6.45, 7) is 0. The van der Waals surface area contributed by atoms with Crippen LogP contribution in [0.2, 0.25) is 0 Å². The van der Waals surface area contributed by atoms with Crippen molar-refractivity contribution >= 4 is 33.7 Å². The molecule has 0 unspecified atom stereocenters. The van der Waals surface area contributed by atoms with Gasteiger partial charge in [-0.3, -0.25) is 4.79 Å². The Morgan fingerprint density at radius 3 is 2.87 bits per heavy atom. The van der Waals surface area contributed by atoms with E-state index < -0.39 is 11.7 Å². The van der Waals surface area contributed by atoms with E-state index in [0.29, 0.717) is 28.8 Å². The molecule has 3 heterocycles. The van der Waals surface area contributed by atoms with Gasteiger partial charge in [-0.15, -0.1) is 11.3 Å². The number of aryl methyl sites for hydroxylation is 1. The summed E-state index contributed by atoms with van der Waals surface area (Å²) in [5, 5.41) is 10.8. The second-order valence-electron chi connectivity index (χ2n) is 6.58. The quantitative estimate of drug-likeness (QED) is 0.394. The zero-order valence-corrected chi connectivity index (χ0v) is 17.5. The minimum absolute atomic E-state index is 0.133. The van der Waals surface area contributed by atoms with Gasteiger partial charge in [0.25, 0.3) is 0 Å². The fourth-order valence-electron chi connectivity index (χ4n) is 2.77. The molecular weight excluding hydrogens is 449 g/mol. The van der Waals surface area contributed by atoms with Gasteiger partial charge in [-0.1, -0.05) is 23.4 Å². The number of halogens is 3. The molecule has 3 aromatic heterocycles. The Kier molecular flexibility index (Phi) is 6.14. The molecule has 0 radical (unpaired) electrons. The molecule has 4 aromatic rings. The minimum Gasteiger partial charge on any atom is -0.339 e. The predicted octanol–water partition coefficient (Wildman–Crippen LogP) is 5.44. The largest absolute Gasteiger partial charge is 0.416 e. The monoisotopic (exact) mass is 464 g/mol. The van der Waals surface area contributed by atoms with Crippen LogP contribution in [0.15, 0.2) is 51.8 Å². The lowest BCUT2D eigenvalue weighted by molar-refractivity contribution is -0.137. The van der Waals surface area contributed by atoms with E-state index in [1.54, 1.807) is 12.3 Å². The Labute approximate surface area is 182 Å². The third-order valence-electron chi connectivity index (χ3n) is 4.25. The van der Waals surface area contributed by atoms with Crippen molar-refractivity contribution in [1.82, 2.24) is 15.1 Å². The molecule has 0 fully saturated rings. The lowest BCUT2D eigenvalue weighted by Crippen LogP contribution is -2.12. The lowest BCUT2D eigenvalue weighted by Gasteiger charge is -2.07. The number of amides is 1. The molecule has 31 heavy (non-hydrogen) atoms. The first-order valence-corrected chi connectivity index (χ1v) is 10.9. The van der Waals surface area contributed by atoms with Gasteiger partial charge in [0.15, 0.2) is 5.13 Å². The topological polar surface area (TPSA) is 80.9 Å². The van der Waals surface area contributed by atoms with Gasteiger partial charge in [0.2, 0.25) is 17.6 Å². The Hall–Kier alpha value is -3.05. The average molecular weight is 464 g/mol. The van der Waals surface area contributed by atoms with Gasteiger partial charge >= 0.3 is 6.18 Å². The molecule has 1 N–H and O–H groups in total. The number of hydrogen-bond acceptors (Lipinski definition) is 7. The number of carbonyl (C=O) groups excluding carboxylic acids is 1. The van der Waals surface area contributed by atoms with Crippen LogP contribution in [-0.4, -0.2) is 21.0 Å². The average Bonchev–Trinajstić information content (AvgIpc) is 3.48. The number of alkyl halides is 3. The Morgan fingerprint density at radius 1 is 1.23 bits per heavy atom. The number of thiazole rings is 1. The third kappa shape index (κ3) is 5.56. The first-order valence-electron chi connectivity index (χ1n) is 9.12. The number of thiophene rings is 1. The highest BCUT2D eigenvalue weighted by molar-refractivity contribution is 7.15. The molecule has 0 spiro atoms. The van der Waals surface area contributed by atoms with Crippen LogP contribution in [-0.2, 0) is 23.8 Å². The van der Waals surface area contributed by atoms with E-state index in [0.717, 1.165) is 22.6 Å². The van der Waals surface area contributed by atoms with Crippen molar-refractivity contribution in [3.05, 3.63) is 69.2 Å². The molecule has 0 saturated heterocycles. The van der Waals surface area contributed by atoms with E-state index in [1.807, 2.05) is 16.8 Å². The Morgan fingerprint density at radius 2 is 2.10 bits per heavy atom. The van der Waals surface area contributed by atoms with Crippen molar-refractivity contribution in [1.29, 1.82) is 0 Å². The molecule has 6 nitrogen and oxygen atoms in total. The van der Waals surface area contributed by atoms with E-state index in [-0.39, 0.29) is 18.7 Å². The number of nitrogens with zero attached hydrogens (tertiary/aromatic N) is 3. The first kappa shape index (κ1) is 21.2. The highest BCUT2D eigenvalue weighted by Crippen LogP contribution is 2.30. The summed E-state index contributed by atoms with van der Waals surface area (Å²) in [5.74, 6) is 0.576. The van der Waals surface area contributed by atoms with Crippen LogP contribution in [0, 0.1) is 0 Å². The highest BCUT2D eigenvalue weighted by atomic mass is 32.1. The SMILES string of the molecule is O=C(CCc1nc(-c2ccsc2)no1)Nc1ncc(Cc2cccc(C(F)(F)F)c2)s1. The minimum atomic E-state index is -4.38. The zero-order chi connectivity index (χ0) is 21.8. The number of benzene rings is 1. The molecule has 0 bridgehead atoms. The van der Waals surface area contributed by atoms with Gasteiger partial charge in [0, 0.05) is 41.3 Å². The number of anilines is 1. The number of carbonyl (C=O) groups is 1. The van der Waals surface area contributed by atoms with Crippen LogP contribution < -0.4 is 5.32 Å². The van der Waals surface area contributed by atoms with Crippen LogP contribution in [0.25, 0.3) is 11.4 Å². The molecule has 0 aliphatic carbocycles. The Balaban J connectivity index is 1.30. The van der Waals surface area contributed by atoms with Crippen LogP contribution in [0.4, 0.5) is 18.3 Å². The molecule has 11 heteroatoms. The summed E-state index contributed by atoms with van der Waals surface area (Å²) in [4.78, 5) is 21.3. The fraction of sp³-hybridized carbons (Fsp3) is 0.200. The van der Waals surface area contributed by atoms with Crippen molar-refractivity contribution in [3.8, 4) is 11.4 Å². The van der Waals surface area contributed by atoms with Gasteiger partial charge in [-0.05, 0) is 23.1 Å².